The minimum absolute atomic E-state index is 0.168. The number of carbonyl (C=O) groups excluding carboxylic acids is 2. The lowest BCUT2D eigenvalue weighted by molar-refractivity contribution is -0.0501. The third-order valence-corrected chi connectivity index (χ3v) is 1.63. The van der Waals surface area contributed by atoms with Crippen molar-refractivity contribution in [3.05, 3.63) is 23.3 Å². The molecule has 0 saturated heterocycles. The Bertz CT molecular complexity index is 390. The Morgan fingerprint density at radius 3 is 2.27 bits per heavy atom. The number of phenols is 1. The quantitative estimate of drug-likeness (QED) is 0.776. The predicted octanol–water partition coefficient (Wildman–Crippen LogP) is 1.62. The van der Waals surface area contributed by atoms with Gasteiger partial charge in [0.05, 0.1) is 11.1 Å². The number of phenolic OH excluding ortho intramolecular Hbond substituents is 1. The summed E-state index contributed by atoms with van der Waals surface area (Å²) in [5, 5.41) is 9.15. The van der Waals surface area contributed by atoms with E-state index in [-0.39, 0.29) is 17.4 Å². The van der Waals surface area contributed by atoms with Gasteiger partial charge >= 0.3 is 6.61 Å². The Kier molecular flexibility index (Phi) is 3.33. The summed E-state index contributed by atoms with van der Waals surface area (Å²) < 4.78 is 27.7. The summed E-state index contributed by atoms with van der Waals surface area (Å²) in [6, 6.07) is 1.76. The molecular formula is C9H6F2O4. The number of aromatic hydroxyl groups is 1. The fourth-order valence-electron chi connectivity index (χ4n) is 0.988. The molecule has 1 aromatic rings. The van der Waals surface area contributed by atoms with E-state index >= 15 is 0 Å². The van der Waals surface area contributed by atoms with E-state index in [0.29, 0.717) is 6.29 Å². The number of alkyl halides is 2. The molecular weight excluding hydrogens is 210 g/mol. The maximum Gasteiger partial charge on any atom is 0.387 e. The van der Waals surface area contributed by atoms with E-state index in [9.17, 15) is 18.4 Å². The molecule has 6 heteroatoms. The first-order chi connectivity index (χ1) is 7.08. The Morgan fingerprint density at radius 1 is 1.20 bits per heavy atom. The van der Waals surface area contributed by atoms with Crippen LogP contribution in [0.15, 0.2) is 12.1 Å². The molecule has 0 aliphatic rings. The van der Waals surface area contributed by atoms with Gasteiger partial charge in [0.2, 0.25) is 0 Å². The molecule has 0 amide bonds. The Labute approximate surface area is 83.1 Å². The smallest absolute Gasteiger partial charge is 0.387 e. The summed E-state index contributed by atoms with van der Waals surface area (Å²) in [6.07, 6.45) is 0.554. The molecule has 80 valence electrons. The van der Waals surface area contributed by atoms with Gasteiger partial charge < -0.3 is 9.84 Å². The summed E-state index contributed by atoms with van der Waals surface area (Å²) in [5.41, 5.74) is -0.395. The summed E-state index contributed by atoms with van der Waals surface area (Å²) >= 11 is 0. The maximum atomic E-state index is 11.9. The highest BCUT2D eigenvalue weighted by atomic mass is 19.3. The number of carbonyl (C=O) groups is 2. The minimum atomic E-state index is -3.11. The van der Waals surface area contributed by atoms with Crippen LogP contribution in [0.3, 0.4) is 0 Å². The van der Waals surface area contributed by atoms with E-state index < -0.39 is 18.1 Å². The van der Waals surface area contributed by atoms with E-state index in [0.717, 1.165) is 12.1 Å². The van der Waals surface area contributed by atoms with Crippen LogP contribution in [0.4, 0.5) is 8.78 Å². The topological polar surface area (TPSA) is 63.6 Å². The molecule has 1 aromatic carbocycles. The molecule has 0 spiro atoms. The fourth-order valence-corrected chi connectivity index (χ4v) is 0.988. The molecule has 0 heterocycles. The zero-order valence-corrected chi connectivity index (χ0v) is 7.31. The van der Waals surface area contributed by atoms with E-state index in [1.165, 1.54) is 0 Å². The molecule has 15 heavy (non-hydrogen) atoms. The highest BCUT2D eigenvalue weighted by Crippen LogP contribution is 2.27. The van der Waals surface area contributed by atoms with Crippen LogP contribution in [0.25, 0.3) is 0 Å². The number of aldehydes is 2. The van der Waals surface area contributed by atoms with Crippen LogP contribution in [0, 0.1) is 0 Å². The normalized spacial score (nSPS) is 10.1. The van der Waals surface area contributed by atoms with Crippen LogP contribution >= 0.6 is 0 Å². The zero-order valence-electron chi connectivity index (χ0n) is 7.31. The molecule has 0 aliphatic carbocycles. The maximum absolute atomic E-state index is 11.9. The Balaban J connectivity index is 3.20. The van der Waals surface area contributed by atoms with Crippen LogP contribution < -0.4 is 4.74 Å². The van der Waals surface area contributed by atoms with Crippen molar-refractivity contribution < 1.29 is 28.2 Å². The lowest BCUT2D eigenvalue weighted by Crippen LogP contribution is -2.04. The summed E-state index contributed by atoms with van der Waals surface area (Å²) in [6.45, 7) is -3.11. The van der Waals surface area contributed by atoms with Crippen molar-refractivity contribution in [1.29, 1.82) is 0 Å². The molecule has 4 nitrogen and oxygen atoms in total. The second-order valence-electron chi connectivity index (χ2n) is 2.56. The van der Waals surface area contributed by atoms with Crippen LogP contribution in [0.5, 0.6) is 11.5 Å². The van der Waals surface area contributed by atoms with Crippen molar-refractivity contribution in [2.45, 2.75) is 6.61 Å². The largest absolute Gasteiger partial charge is 0.507 e. The van der Waals surface area contributed by atoms with Gasteiger partial charge in [0.1, 0.15) is 11.5 Å². The second kappa shape index (κ2) is 4.50. The van der Waals surface area contributed by atoms with Crippen LogP contribution in [-0.2, 0) is 0 Å². The predicted molar refractivity (Wildman–Crippen MR) is 45.5 cm³/mol. The Hall–Kier alpha value is -1.98. The number of halogens is 2. The van der Waals surface area contributed by atoms with Crippen molar-refractivity contribution in [3.63, 3.8) is 0 Å². The lowest BCUT2D eigenvalue weighted by atomic mass is 10.1. The first kappa shape index (κ1) is 11.1. The number of hydrogen-bond donors (Lipinski definition) is 1. The molecule has 0 aromatic heterocycles. The molecule has 0 radical (unpaired) electrons. The number of hydrogen-bond acceptors (Lipinski definition) is 4. The monoisotopic (exact) mass is 216 g/mol. The van der Waals surface area contributed by atoms with Gasteiger partial charge in [-0.25, -0.2) is 0 Å². The zero-order chi connectivity index (χ0) is 11.4. The van der Waals surface area contributed by atoms with Gasteiger partial charge in [-0.3, -0.25) is 9.59 Å². The van der Waals surface area contributed by atoms with E-state index in [4.69, 9.17) is 5.11 Å². The summed E-state index contributed by atoms with van der Waals surface area (Å²) in [7, 11) is 0. The van der Waals surface area contributed by atoms with Gasteiger partial charge in [0.25, 0.3) is 0 Å². The second-order valence-corrected chi connectivity index (χ2v) is 2.56. The van der Waals surface area contributed by atoms with Gasteiger partial charge in [0.15, 0.2) is 12.6 Å². The third kappa shape index (κ3) is 2.49. The lowest BCUT2D eigenvalue weighted by Gasteiger charge is -2.08. The van der Waals surface area contributed by atoms with E-state index in [1.54, 1.807) is 0 Å². The van der Waals surface area contributed by atoms with Gasteiger partial charge in [0, 0.05) is 6.07 Å². The molecule has 0 aliphatic heterocycles. The third-order valence-electron chi connectivity index (χ3n) is 1.63. The van der Waals surface area contributed by atoms with Gasteiger partial charge in [-0.05, 0) is 6.07 Å². The van der Waals surface area contributed by atoms with Crippen molar-refractivity contribution >= 4 is 12.6 Å². The average molecular weight is 216 g/mol. The van der Waals surface area contributed by atoms with Crippen molar-refractivity contribution in [2.24, 2.45) is 0 Å². The highest BCUT2D eigenvalue weighted by Gasteiger charge is 2.13. The van der Waals surface area contributed by atoms with Crippen molar-refractivity contribution in [1.82, 2.24) is 0 Å². The van der Waals surface area contributed by atoms with Crippen molar-refractivity contribution in [3.8, 4) is 11.5 Å². The van der Waals surface area contributed by atoms with E-state index in [2.05, 4.69) is 4.74 Å². The molecule has 0 unspecified atom stereocenters. The average Bonchev–Trinajstić information content (AvgIpc) is 2.17. The molecule has 0 saturated carbocycles. The van der Waals surface area contributed by atoms with Crippen LogP contribution in [-0.4, -0.2) is 24.3 Å². The minimum Gasteiger partial charge on any atom is -0.507 e. The van der Waals surface area contributed by atoms with Gasteiger partial charge in [-0.15, -0.1) is 0 Å². The van der Waals surface area contributed by atoms with Gasteiger partial charge in [-0.2, -0.15) is 8.78 Å². The first-order valence-corrected chi connectivity index (χ1v) is 3.80. The first-order valence-electron chi connectivity index (χ1n) is 3.80. The molecule has 1 rings (SSSR count). The van der Waals surface area contributed by atoms with Crippen LogP contribution in [0.1, 0.15) is 20.7 Å². The number of benzene rings is 1. The fraction of sp³-hybridized carbons (Fsp3) is 0.111. The van der Waals surface area contributed by atoms with Gasteiger partial charge in [-0.1, -0.05) is 0 Å². The highest BCUT2D eigenvalue weighted by molar-refractivity contribution is 5.87. The standard InChI is InChI=1S/C9H6F2O4/c10-9(11)15-8-2-7(14)5(3-12)1-6(8)4-13/h1-4,9,14H. The molecule has 1 N–H and O–H groups in total. The number of rotatable bonds is 4. The van der Waals surface area contributed by atoms with Crippen LogP contribution in [0.2, 0.25) is 0 Å². The molecule has 0 bridgehead atoms. The number of ether oxygens (including phenoxy) is 1. The SMILES string of the molecule is O=Cc1cc(C=O)c(OC(F)F)cc1O. The van der Waals surface area contributed by atoms with Crippen molar-refractivity contribution in [2.75, 3.05) is 0 Å². The summed E-state index contributed by atoms with van der Waals surface area (Å²) in [4.78, 5) is 20.8. The Morgan fingerprint density at radius 2 is 1.80 bits per heavy atom. The van der Waals surface area contributed by atoms with E-state index in [1.807, 2.05) is 0 Å². The molecule has 0 atom stereocenters. The molecule has 0 fully saturated rings. The summed E-state index contributed by atoms with van der Waals surface area (Å²) in [5.74, 6) is -0.991.